The van der Waals surface area contributed by atoms with E-state index >= 15 is 0 Å². The monoisotopic (exact) mass is 318 g/mol. The third kappa shape index (κ3) is 3.92. The van der Waals surface area contributed by atoms with Crippen molar-refractivity contribution < 1.29 is 4.79 Å². The summed E-state index contributed by atoms with van der Waals surface area (Å²) in [6.07, 6.45) is 9.32. The van der Waals surface area contributed by atoms with Crippen molar-refractivity contribution in [1.82, 2.24) is 15.1 Å². The SMILES string of the molecule is Cn1ncc(N2CCC(NC(=O)C3CCCCC3)CC2)cc1=O. The smallest absolute Gasteiger partial charge is 0.268 e. The molecule has 1 aliphatic carbocycles. The van der Waals surface area contributed by atoms with Crippen LogP contribution in [0, 0.1) is 5.92 Å². The van der Waals surface area contributed by atoms with E-state index < -0.39 is 0 Å². The molecule has 0 aromatic carbocycles. The molecule has 6 nitrogen and oxygen atoms in total. The molecule has 126 valence electrons. The first-order valence-corrected chi connectivity index (χ1v) is 8.72. The first-order valence-electron chi connectivity index (χ1n) is 8.72. The van der Waals surface area contributed by atoms with E-state index in [0.29, 0.717) is 0 Å². The third-order valence-corrected chi connectivity index (χ3v) is 5.14. The van der Waals surface area contributed by atoms with E-state index in [4.69, 9.17) is 0 Å². The number of anilines is 1. The highest BCUT2D eigenvalue weighted by molar-refractivity contribution is 5.79. The number of hydrogen-bond donors (Lipinski definition) is 1. The van der Waals surface area contributed by atoms with Crippen molar-refractivity contribution >= 4 is 11.6 Å². The molecule has 0 spiro atoms. The van der Waals surface area contributed by atoms with E-state index in [0.717, 1.165) is 44.5 Å². The number of hydrogen-bond acceptors (Lipinski definition) is 4. The van der Waals surface area contributed by atoms with Crippen LogP contribution in [-0.4, -0.2) is 34.8 Å². The summed E-state index contributed by atoms with van der Waals surface area (Å²) in [5.41, 5.74) is 0.792. The van der Waals surface area contributed by atoms with Gasteiger partial charge in [0.05, 0.1) is 11.9 Å². The van der Waals surface area contributed by atoms with Gasteiger partial charge in [0.15, 0.2) is 0 Å². The van der Waals surface area contributed by atoms with Crippen LogP contribution in [0.3, 0.4) is 0 Å². The van der Waals surface area contributed by atoms with Gasteiger partial charge < -0.3 is 10.2 Å². The molecule has 2 fully saturated rings. The minimum atomic E-state index is -0.0878. The molecule has 3 rings (SSSR count). The zero-order valence-corrected chi connectivity index (χ0v) is 13.8. The maximum absolute atomic E-state index is 12.3. The zero-order chi connectivity index (χ0) is 16.2. The van der Waals surface area contributed by atoms with Crippen LogP contribution < -0.4 is 15.8 Å². The lowest BCUT2D eigenvalue weighted by molar-refractivity contribution is -0.126. The number of rotatable bonds is 3. The highest BCUT2D eigenvalue weighted by Gasteiger charge is 2.26. The molecule has 0 bridgehead atoms. The Bertz CT molecular complexity index is 599. The van der Waals surface area contributed by atoms with E-state index in [1.807, 2.05) is 0 Å². The van der Waals surface area contributed by atoms with Crippen molar-refractivity contribution in [2.24, 2.45) is 13.0 Å². The molecule has 1 N–H and O–H groups in total. The number of aromatic nitrogens is 2. The van der Waals surface area contributed by atoms with E-state index in [1.54, 1.807) is 19.3 Å². The molecule has 1 amide bonds. The van der Waals surface area contributed by atoms with E-state index in [9.17, 15) is 9.59 Å². The molecule has 1 aromatic rings. The lowest BCUT2D eigenvalue weighted by Gasteiger charge is -2.34. The molecule has 0 radical (unpaired) electrons. The number of aryl methyl sites for hydroxylation is 1. The Balaban J connectivity index is 1.50. The standard InChI is InChI=1S/C17H26N4O2/c1-20-16(22)11-15(12-18-20)21-9-7-14(8-10-21)19-17(23)13-5-3-2-4-6-13/h11-14H,2-10H2,1H3,(H,19,23). The highest BCUT2D eigenvalue weighted by atomic mass is 16.2. The summed E-state index contributed by atoms with van der Waals surface area (Å²) in [6.45, 7) is 1.70. The lowest BCUT2D eigenvalue weighted by Crippen LogP contribution is -2.46. The van der Waals surface area contributed by atoms with Gasteiger partial charge in [-0.05, 0) is 25.7 Å². The summed E-state index contributed by atoms with van der Waals surface area (Å²) in [4.78, 5) is 26.2. The van der Waals surface area contributed by atoms with E-state index in [1.165, 1.54) is 23.9 Å². The van der Waals surface area contributed by atoms with E-state index in [2.05, 4.69) is 15.3 Å². The Morgan fingerprint density at radius 2 is 1.87 bits per heavy atom. The zero-order valence-electron chi connectivity index (χ0n) is 13.8. The Kier molecular flexibility index (Phi) is 4.98. The number of nitrogens with zero attached hydrogens (tertiary/aromatic N) is 3. The number of carbonyl (C=O) groups is 1. The minimum Gasteiger partial charge on any atom is -0.370 e. The van der Waals surface area contributed by atoms with Gasteiger partial charge in [-0.25, -0.2) is 4.68 Å². The molecule has 23 heavy (non-hydrogen) atoms. The second-order valence-electron chi connectivity index (χ2n) is 6.78. The van der Waals surface area contributed by atoms with Gasteiger partial charge in [-0.1, -0.05) is 19.3 Å². The summed E-state index contributed by atoms with van der Waals surface area (Å²) in [7, 11) is 1.65. The van der Waals surface area contributed by atoms with Crippen LogP contribution >= 0.6 is 0 Å². The quantitative estimate of drug-likeness (QED) is 0.916. The number of amides is 1. The van der Waals surface area contributed by atoms with Gasteiger partial charge in [0.25, 0.3) is 5.56 Å². The molecule has 1 saturated carbocycles. The normalized spacial score (nSPS) is 20.5. The van der Waals surface area contributed by atoms with Crippen LogP contribution in [0.4, 0.5) is 5.69 Å². The Morgan fingerprint density at radius 3 is 2.52 bits per heavy atom. The topological polar surface area (TPSA) is 67.2 Å². The molecule has 0 unspecified atom stereocenters. The average molecular weight is 318 g/mol. The predicted molar refractivity (Wildman–Crippen MR) is 89.4 cm³/mol. The van der Waals surface area contributed by atoms with Crippen LogP contribution in [0.15, 0.2) is 17.1 Å². The van der Waals surface area contributed by atoms with Crippen LogP contribution in [0.5, 0.6) is 0 Å². The fraction of sp³-hybridized carbons (Fsp3) is 0.706. The van der Waals surface area contributed by atoms with Crippen molar-refractivity contribution in [2.45, 2.75) is 51.0 Å². The van der Waals surface area contributed by atoms with Crippen LogP contribution in [0.25, 0.3) is 0 Å². The van der Waals surface area contributed by atoms with Crippen LogP contribution in [-0.2, 0) is 11.8 Å². The van der Waals surface area contributed by atoms with Gasteiger partial charge >= 0.3 is 0 Å². The molecule has 6 heteroatoms. The maximum atomic E-state index is 12.3. The molecule has 0 atom stereocenters. The molecule has 1 saturated heterocycles. The predicted octanol–water partition coefficient (Wildman–Crippen LogP) is 1.45. The van der Waals surface area contributed by atoms with E-state index in [-0.39, 0.29) is 23.4 Å². The fourth-order valence-electron chi connectivity index (χ4n) is 3.60. The average Bonchev–Trinajstić information content (AvgIpc) is 2.59. The van der Waals surface area contributed by atoms with Gasteiger partial charge in [0, 0.05) is 38.2 Å². The summed E-state index contributed by atoms with van der Waals surface area (Å²) >= 11 is 0. The second kappa shape index (κ2) is 7.15. The van der Waals surface area contributed by atoms with Gasteiger partial charge in [-0.2, -0.15) is 5.10 Å². The lowest BCUT2D eigenvalue weighted by atomic mass is 9.88. The number of carbonyl (C=O) groups excluding carboxylic acids is 1. The maximum Gasteiger partial charge on any atom is 0.268 e. The third-order valence-electron chi connectivity index (χ3n) is 5.14. The Labute approximate surface area is 136 Å². The summed E-state index contributed by atoms with van der Waals surface area (Å²) in [5.74, 6) is 0.474. The summed E-state index contributed by atoms with van der Waals surface area (Å²) in [6, 6.07) is 1.90. The Morgan fingerprint density at radius 1 is 1.17 bits per heavy atom. The summed E-state index contributed by atoms with van der Waals surface area (Å²) < 4.78 is 1.33. The van der Waals surface area contributed by atoms with Crippen molar-refractivity contribution in [2.75, 3.05) is 18.0 Å². The highest BCUT2D eigenvalue weighted by Crippen LogP contribution is 2.24. The number of nitrogens with one attached hydrogen (secondary N) is 1. The molecule has 1 aromatic heterocycles. The molecule has 1 aliphatic heterocycles. The van der Waals surface area contributed by atoms with Gasteiger partial charge in [0.1, 0.15) is 0 Å². The van der Waals surface area contributed by atoms with Crippen molar-refractivity contribution in [3.05, 3.63) is 22.6 Å². The van der Waals surface area contributed by atoms with Gasteiger partial charge in [-0.3, -0.25) is 9.59 Å². The largest absolute Gasteiger partial charge is 0.370 e. The molecular weight excluding hydrogens is 292 g/mol. The molecule has 2 aliphatic rings. The first kappa shape index (κ1) is 16.0. The molecular formula is C17H26N4O2. The summed E-state index contributed by atoms with van der Waals surface area (Å²) in [5, 5.41) is 7.31. The first-order chi connectivity index (χ1) is 11.1. The Hall–Kier alpha value is -1.85. The fourth-order valence-corrected chi connectivity index (χ4v) is 3.60. The van der Waals surface area contributed by atoms with Gasteiger partial charge in [0.2, 0.25) is 5.91 Å². The van der Waals surface area contributed by atoms with Gasteiger partial charge in [-0.15, -0.1) is 0 Å². The number of piperidine rings is 1. The van der Waals surface area contributed by atoms with Crippen LogP contribution in [0.2, 0.25) is 0 Å². The van der Waals surface area contributed by atoms with Crippen molar-refractivity contribution in [3.8, 4) is 0 Å². The minimum absolute atomic E-state index is 0.0878. The van der Waals surface area contributed by atoms with Crippen LogP contribution in [0.1, 0.15) is 44.9 Å². The molecule has 2 heterocycles. The van der Waals surface area contributed by atoms with Crippen molar-refractivity contribution in [1.29, 1.82) is 0 Å². The second-order valence-corrected chi connectivity index (χ2v) is 6.78. The van der Waals surface area contributed by atoms with Crippen molar-refractivity contribution in [3.63, 3.8) is 0 Å².